The quantitative estimate of drug-likeness (QED) is 0.747. The highest BCUT2D eigenvalue weighted by Gasteiger charge is 2.02. The molecule has 0 saturated carbocycles. The van der Waals surface area contributed by atoms with Crippen LogP contribution in [0, 0.1) is 6.92 Å². The number of aromatic nitrogens is 4. The van der Waals surface area contributed by atoms with Gasteiger partial charge in [-0.15, -0.1) is 15.0 Å². The Balaban J connectivity index is 2.39. The standard InChI is InChI=1S/C9H10N4O/c1-7-3-2-4-8(5-7)13-11-9(6-14)10-12-13/h2-5,14H,6H2,1H3. The third-order valence-electron chi connectivity index (χ3n) is 1.83. The van der Waals surface area contributed by atoms with Crippen molar-refractivity contribution in [1.82, 2.24) is 20.2 Å². The number of aryl methyl sites for hydroxylation is 1. The number of aliphatic hydroxyl groups excluding tert-OH is 1. The van der Waals surface area contributed by atoms with Crippen molar-refractivity contribution in [2.24, 2.45) is 0 Å². The first kappa shape index (κ1) is 8.83. The number of hydrogen-bond acceptors (Lipinski definition) is 4. The van der Waals surface area contributed by atoms with Gasteiger partial charge in [0, 0.05) is 0 Å². The molecular weight excluding hydrogens is 180 g/mol. The Labute approximate surface area is 81.0 Å². The van der Waals surface area contributed by atoms with Gasteiger partial charge in [0.2, 0.25) is 5.82 Å². The van der Waals surface area contributed by atoms with Gasteiger partial charge < -0.3 is 5.11 Å². The molecule has 0 aliphatic carbocycles. The molecule has 72 valence electrons. The molecular formula is C9H10N4O. The molecule has 0 amide bonds. The highest BCUT2D eigenvalue weighted by Crippen LogP contribution is 2.06. The fourth-order valence-electron chi connectivity index (χ4n) is 1.17. The second-order valence-electron chi connectivity index (χ2n) is 2.99. The Bertz CT molecular complexity index is 438. The summed E-state index contributed by atoms with van der Waals surface area (Å²) in [6.45, 7) is 1.80. The van der Waals surface area contributed by atoms with Gasteiger partial charge in [0.1, 0.15) is 6.61 Å². The lowest BCUT2D eigenvalue weighted by Crippen LogP contribution is -1.99. The first-order chi connectivity index (χ1) is 6.79. The highest BCUT2D eigenvalue weighted by molar-refractivity contribution is 5.32. The van der Waals surface area contributed by atoms with E-state index in [-0.39, 0.29) is 6.61 Å². The van der Waals surface area contributed by atoms with Crippen LogP contribution in [0.3, 0.4) is 0 Å². The van der Waals surface area contributed by atoms with E-state index in [4.69, 9.17) is 5.11 Å². The van der Waals surface area contributed by atoms with Gasteiger partial charge in [0.05, 0.1) is 5.69 Å². The van der Waals surface area contributed by atoms with E-state index in [0.717, 1.165) is 11.3 Å². The summed E-state index contributed by atoms with van der Waals surface area (Å²) < 4.78 is 0. The Morgan fingerprint density at radius 2 is 2.29 bits per heavy atom. The van der Waals surface area contributed by atoms with Crippen LogP contribution in [0.5, 0.6) is 0 Å². The van der Waals surface area contributed by atoms with Crippen molar-refractivity contribution in [3.05, 3.63) is 35.7 Å². The third kappa shape index (κ3) is 1.62. The lowest BCUT2D eigenvalue weighted by atomic mass is 10.2. The van der Waals surface area contributed by atoms with E-state index in [1.54, 1.807) is 0 Å². The molecule has 0 bridgehead atoms. The molecule has 5 nitrogen and oxygen atoms in total. The normalized spacial score (nSPS) is 10.4. The fourth-order valence-corrected chi connectivity index (χ4v) is 1.17. The predicted octanol–water partition coefficient (Wildman–Crippen LogP) is 0.463. The van der Waals surface area contributed by atoms with Gasteiger partial charge in [-0.2, -0.15) is 0 Å². The fraction of sp³-hybridized carbons (Fsp3) is 0.222. The molecule has 0 atom stereocenters. The van der Waals surface area contributed by atoms with Crippen LogP contribution >= 0.6 is 0 Å². The molecule has 1 aromatic heterocycles. The van der Waals surface area contributed by atoms with Crippen molar-refractivity contribution in [3.63, 3.8) is 0 Å². The monoisotopic (exact) mass is 190 g/mol. The lowest BCUT2D eigenvalue weighted by molar-refractivity contribution is 0.271. The van der Waals surface area contributed by atoms with Crippen LogP contribution in [-0.4, -0.2) is 25.3 Å². The minimum Gasteiger partial charge on any atom is -0.388 e. The summed E-state index contributed by atoms with van der Waals surface area (Å²) in [4.78, 5) is 1.40. The minimum atomic E-state index is -0.189. The molecule has 0 unspecified atom stereocenters. The smallest absolute Gasteiger partial charge is 0.200 e. The largest absolute Gasteiger partial charge is 0.388 e. The molecule has 5 heteroatoms. The van der Waals surface area contributed by atoms with Crippen LogP contribution in [0.15, 0.2) is 24.3 Å². The summed E-state index contributed by atoms with van der Waals surface area (Å²) in [6, 6.07) is 7.75. The number of nitrogens with zero attached hydrogens (tertiary/aromatic N) is 4. The number of rotatable bonds is 2. The second kappa shape index (κ2) is 3.55. The first-order valence-corrected chi connectivity index (χ1v) is 4.26. The van der Waals surface area contributed by atoms with Crippen LogP contribution in [0.2, 0.25) is 0 Å². The number of benzene rings is 1. The van der Waals surface area contributed by atoms with Crippen LogP contribution in [0.4, 0.5) is 0 Å². The van der Waals surface area contributed by atoms with E-state index in [9.17, 15) is 0 Å². The Morgan fingerprint density at radius 1 is 1.43 bits per heavy atom. The molecule has 2 aromatic rings. The van der Waals surface area contributed by atoms with Crippen LogP contribution in [-0.2, 0) is 6.61 Å². The zero-order valence-electron chi connectivity index (χ0n) is 7.75. The summed E-state index contributed by atoms with van der Waals surface area (Å²) in [5.41, 5.74) is 1.97. The molecule has 1 aromatic carbocycles. The molecule has 0 aliphatic heterocycles. The van der Waals surface area contributed by atoms with Gasteiger partial charge in [0.15, 0.2) is 0 Å². The zero-order valence-corrected chi connectivity index (χ0v) is 7.75. The SMILES string of the molecule is Cc1cccc(-n2nnc(CO)n2)c1. The third-order valence-corrected chi connectivity index (χ3v) is 1.83. The lowest BCUT2D eigenvalue weighted by Gasteiger charge is -1.98. The summed E-state index contributed by atoms with van der Waals surface area (Å²) in [7, 11) is 0. The maximum absolute atomic E-state index is 8.77. The average molecular weight is 190 g/mol. The van der Waals surface area contributed by atoms with Crippen molar-refractivity contribution in [2.45, 2.75) is 13.5 Å². The van der Waals surface area contributed by atoms with Gasteiger partial charge >= 0.3 is 0 Å². The van der Waals surface area contributed by atoms with Crippen molar-refractivity contribution in [1.29, 1.82) is 0 Å². The molecule has 0 radical (unpaired) electrons. The molecule has 2 rings (SSSR count). The van der Waals surface area contributed by atoms with E-state index >= 15 is 0 Å². The molecule has 1 heterocycles. The molecule has 1 N–H and O–H groups in total. The van der Waals surface area contributed by atoms with Gasteiger partial charge in [-0.1, -0.05) is 12.1 Å². The van der Waals surface area contributed by atoms with Crippen LogP contribution < -0.4 is 0 Å². The Morgan fingerprint density at radius 3 is 2.93 bits per heavy atom. The molecule has 0 aliphatic rings. The first-order valence-electron chi connectivity index (χ1n) is 4.26. The zero-order chi connectivity index (χ0) is 9.97. The number of hydrogen-bond donors (Lipinski definition) is 1. The molecule has 0 saturated heterocycles. The maximum Gasteiger partial charge on any atom is 0.200 e. The molecule has 0 fully saturated rings. The van der Waals surface area contributed by atoms with E-state index in [1.165, 1.54) is 4.80 Å². The van der Waals surface area contributed by atoms with Crippen molar-refractivity contribution in [2.75, 3.05) is 0 Å². The van der Waals surface area contributed by atoms with Crippen LogP contribution in [0.1, 0.15) is 11.4 Å². The van der Waals surface area contributed by atoms with E-state index < -0.39 is 0 Å². The Hall–Kier alpha value is -1.75. The molecule has 14 heavy (non-hydrogen) atoms. The van der Waals surface area contributed by atoms with Crippen molar-refractivity contribution >= 4 is 0 Å². The van der Waals surface area contributed by atoms with E-state index in [2.05, 4.69) is 15.4 Å². The summed E-state index contributed by atoms with van der Waals surface area (Å²) in [5.74, 6) is 0.325. The predicted molar refractivity (Wildman–Crippen MR) is 49.8 cm³/mol. The number of aliphatic hydroxyl groups is 1. The average Bonchev–Trinajstić information content (AvgIpc) is 2.66. The van der Waals surface area contributed by atoms with Crippen LogP contribution in [0.25, 0.3) is 5.69 Å². The topological polar surface area (TPSA) is 63.8 Å². The minimum absolute atomic E-state index is 0.189. The highest BCUT2D eigenvalue weighted by atomic mass is 16.3. The number of tetrazole rings is 1. The Kier molecular flexibility index (Phi) is 2.24. The second-order valence-corrected chi connectivity index (χ2v) is 2.99. The summed E-state index contributed by atoms with van der Waals surface area (Å²) in [5, 5.41) is 20.2. The molecule has 0 spiro atoms. The maximum atomic E-state index is 8.77. The van der Waals surface area contributed by atoms with Crippen molar-refractivity contribution < 1.29 is 5.11 Å². The van der Waals surface area contributed by atoms with Gasteiger partial charge in [-0.25, -0.2) is 0 Å². The van der Waals surface area contributed by atoms with Crippen molar-refractivity contribution in [3.8, 4) is 5.69 Å². The summed E-state index contributed by atoms with van der Waals surface area (Å²) in [6.07, 6.45) is 0. The van der Waals surface area contributed by atoms with E-state index in [1.807, 2.05) is 31.2 Å². The van der Waals surface area contributed by atoms with Gasteiger partial charge in [-0.3, -0.25) is 0 Å². The van der Waals surface area contributed by atoms with Gasteiger partial charge in [-0.05, 0) is 29.8 Å². The summed E-state index contributed by atoms with van der Waals surface area (Å²) >= 11 is 0. The van der Waals surface area contributed by atoms with E-state index in [0.29, 0.717) is 5.82 Å². The van der Waals surface area contributed by atoms with Gasteiger partial charge in [0.25, 0.3) is 0 Å².